The van der Waals surface area contributed by atoms with Gasteiger partial charge in [0, 0.05) is 43.4 Å². The van der Waals surface area contributed by atoms with Gasteiger partial charge in [0.2, 0.25) is 5.88 Å². The highest BCUT2D eigenvalue weighted by molar-refractivity contribution is 5.98. The number of hydrogen-bond donors (Lipinski definition) is 3. The van der Waals surface area contributed by atoms with Gasteiger partial charge in [0.15, 0.2) is 5.82 Å². The van der Waals surface area contributed by atoms with Crippen molar-refractivity contribution in [2.45, 2.75) is 64.1 Å². The Bertz CT molecular complexity index is 1030. The van der Waals surface area contributed by atoms with Crippen LogP contribution in [-0.4, -0.2) is 64.5 Å². The monoisotopic (exact) mass is 471 g/mol. The van der Waals surface area contributed by atoms with Crippen LogP contribution in [0.4, 0.5) is 10.6 Å². The van der Waals surface area contributed by atoms with E-state index in [1.54, 1.807) is 16.9 Å². The first-order valence-electron chi connectivity index (χ1n) is 12.1. The zero-order valence-corrected chi connectivity index (χ0v) is 19.7. The van der Waals surface area contributed by atoms with Crippen LogP contribution in [0.25, 0.3) is 5.52 Å². The molecule has 0 spiro atoms. The summed E-state index contributed by atoms with van der Waals surface area (Å²) in [5, 5.41) is 15.2. The maximum absolute atomic E-state index is 11.9. The molecule has 4 heterocycles. The molecule has 5 rings (SSSR count). The Morgan fingerprint density at radius 1 is 1.35 bits per heavy atom. The second-order valence-electron chi connectivity index (χ2n) is 9.65. The zero-order chi connectivity index (χ0) is 23.5. The molecule has 4 unspecified atom stereocenters. The fraction of sp³-hybridized carbons (Fsp3) is 0.652. The van der Waals surface area contributed by atoms with E-state index in [0.29, 0.717) is 30.1 Å². The molecule has 2 aromatic rings. The third kappa shape index (κ3) is 5.35. The van der Waals surface area contributed by atoms with Crippen LogP contribution >= 0.6 is 0 Å². The standard InChI is InChI=1S/C23H33N7O4/c1-14(2)25-23(31)34-17-4-3-16(9-17)18-10-20(28-27-18)26-22-19-11-21(29-30(19)7-6-24-22)33-13-15-5-8-32-12-15/h6-7,11,14-18,27H,3-5,8-10,12-13H2,1-2H3,(H,25,31)(H,24,26,28). The molecule has 11 nitrogen and oxygen atoms in total. The van der Waals surface area contributed by atoms with Gasteiger partial charge in [-0.25, -0.2) is 14.3 Å². The van der Waals surface area contributed by atoms with Crippen LogP contribution in [0.5, 0.6) is 5.88 Å². The van der Waals surface area contributed by atoms with Gasteiger partial charge in [0.25, 0.3) is 0 Å². The number of amidine groups is 1. The van der Waals surface area contributed by atoms with Crippen LogP contribution in [-0.2, 0) is 9.47 Å². The summed E-state index contributed by atoms with van der Waals surface area (Å²) >= 11 is 0. The van der Waals surface area contributed by atoms with Crippen molar-refractivity contribution in [3.63, 3.8) is 0 Å². The van der Waals surface area contributed by atoms with E-state index in [1.807, 2.05) is 19.9 Å². The molecule has 3 aliphatic rings. The summed E-state index contributed by atoms with van der Waals surface area (Å²) < 4.78 is 18.6. The van der Waals surface area contributed by atoms with E-state index < -0.39 is 0 Å². The molecule has 1 saturated carbocycles. The number of alkyl carbamates (subject to hydrolysis) is 1. The zero-order valence-electron chi connectivity index (χ0n) is 19.7. The Morgan fingerprint density at radius 3 is 3.09 bits per heavy atom. The number of hydrogen-bond acceptors (Lipinski definition) is 9. The Balaban J connectivity index is 1.14. The van der Waals surface area contributed by atoms with Crippen molar-refractivity contribution < 1.29 is 19.0 Å². The molecule has 34 heavy (non-hydrogen) atoms. The number of anilines is 1. The van der Waals surface area contributed by atoms with Gasteiger partial charge in [-0.1, -0.05) is 0 Å². The quantitative estimate of drug-likeness (QED) is 0.563. The normalized spacial score (nSPS) is 26.5. The second-order valence-corrected chi connectivity index (χ2v) is 9.65. The molecular weight excluding hydrogens is 438 g/mol. The Kier molecular flexibility index (Phi) is 6.70. The van der Waals surface area contributed by atoms with E-state index >= 15 is 0 Å². The topological polar surface area (TPSA) is 123 Å². The molecule has 3 N–H and O–H groups in total. The smallest absolute Gasteiger partial charge is 0.407 e. The number of nitrogens with one attached hydrogen (secondary N) is 3. The maximum atomic E-state index is 11.9. The predicted octanol–water partition coefficient (Wildman–Crippen LogP) is 2.54. The number of ether oxygens (including phenoxy) is 3. The lowest BCUT2D eigenvalue weighted by atomic mass is 9.96. The molecule has 1 saturated heterocycles. The first-order valence-corrected chi connectivity index (χ1v) is 12.1. The van der Waals surface area contributed by atoms with Gasteiger partial charge in [-0.05, 0) is 45.4 Å². The molecule has 0 radical (unpaired) electrons. The Hall–Kier alpha value is -3.08. The number of hydrazone groups is 1. The van der Waals surface area contributed by atoms with Gasteiger partial charge >= 0.3 is 6.09 Å². The number of amides is 1. The Morgan fingerprint density at radius 2 is 2.26 bits per heavy atom. The minimum absolute atomic E-state index is 0.0426. The number of fused-ring (bicyclic) bond motifs is 1. The highest BCUT2D eigenvalue weighted by atomic mass is 16.6. The van der Waals surface area contributed by atoms with E-state index in [4.69, 9.17) is 14.2 Å². The molecule has 11 heteroatoms. The minimum atomic E-state index is -0.335. The maximum Gasteiger partial charge on any atom is 0.407 e. The summed E-state index contributed by atoms with van der Waals surface area (Å²) in [5.41, 5.74) is 4.09. The largest absolute Gasteiger partial charge is 0.476 e. The fourth-order valence-electron chi connectivity index (χ4n) is 4.80. The van der Waals surface area contributed by atoms with Gasteiger partial charge in [0.1, 0.15) is 17.5 Å². The molecule has 4 atom stereocenters. The molecule has 0 aromatic carbocycles. The molecule has 2 aromatic heterocycles. The van der Waals surface area contributed by atoms with Gasteiger partial charge in [-0.15, -0.1) is 5.10 Å². The lowest BCUT2D eigenvalue weighted by Crippen LogP contribution is -2.34. The van der Waals surface area contributed by atoms with Crippen molar-refractivity contribution in [1.82, 2.24) is 25.3 Å². The van der Waals surface area contributed by atoms with Crippen LogP contribution in [0.2, 0.25) is 0 Å². The number of rotatable bonds is 7. The van der Waals surface area contributed by atoms with Gasteiger partial charge in [-0.2, -0.15) is 5.10 Å². The van der Waals surface area contributed by atoms with E-state index in [-0.39, 0.29) is 24.3 Å². The lowest BCUT2D eigenvalue weighted by Gasteiger charge is -2.19. The number of carbonyl (C=O) groups excluding carboxylic acids is 1. The molecule has 2 aliphatic heterocycles. The average Bonchev–Trinajstić information content (AvgIpc) is 3.58. The SMILES string of the molecule is CC(C)NC(=O)OC1CCC(C2CC(Nc3nccn4nc(OCC5CCOC5)cc34)=NN2)C1. The van der Waals surface area contributed by atoms with Crippen LogP contribution in [0.3, 0.4) is 0 Å². The summed E-state index contributed by atoms with van der Waals surface area (Å²) in [6.07, 6.45) is 7.64. The average molecular weight is 472 g/mol. The molecule has 2 fully saturated rings. The van der Waals surface area contributed by atoms with Crippen molar-refractivity contribution in [3.8, 4) is 5.88 Å². The van der Waals surface area contributed by atoms with E-state index in [1.165, 1.54) is 0 Å². The third-order valence-electron chi connectivity index (χ3n) is 6.57. The summed E-state index contributed by atoms with van der Waals surface area (Å²) in [5.74, 6) is 2.91. The van der Waals surface area contributed by atoms with Gasteiger partial charge in [0.05, 0.1) is 19.3 Å². The predicted molar refractivity (Wildman–Crippen MR) is 126 cm³/mol. The number of aromatic nitrogens is 3. The summed E-state index contributed by atoms with van der Waals surface area (Å²) in [6.45, 7) is 5.99. The van der Waals surface area contributed by atoms with Crippen molar-refractivity contribution >= 4 is 23.3 Å². The second kappa shape index (κ2) is 10.0. The minimum Gasteiger partial charge on any atom is -0.476 e. The summed E-state index contributed by atoms with van der Waals surface area (Å²) in [4.78, 5) is 16.4. The molecular formula is C23H33N7O4. The Labute approximate surface area is 198 Å². The van der Waals surface area contributed by atoms with E-state index in [2.05, 4.69) is 31.2 Å². The highest BCUT2D eigenvalue weighted by Crippen LogP contribution is 2.33. The highest BCUT2D eigenvalue weighted by Gasteiger charge is 2.35. The molecule has 1 aliphatic carbocycles. The molecule has 1 amide bonds. The molecule has 0 bridgehead atoms. The first-order chi connectivity index (χ1) is 16.5. The summed E-state index contributed by atoms with van der Waals surface area (Å²) in [7, 11) is 0. The van der Waals surface area contributed by atoms with Crippen LogP contribution in [0.1, 0.15) is 46.0 Å². The van der Waals surface area contributed by atoms with Crippen LogP contribution in [0, 0.1) is 11.8 Å². The lowest BCUT2D eigenvalue weighted by molar-refractivity contribution is 0.0956. The van der Waals surface area contributed by atoms with Gasteiger partial charge in [-0.3, -0.25) is 0 Å². The molecule has 184 valence electrons. The van der Waals surface area contributed by atoms with E-state index in [9.17, 15) is 4.79 Å². The summed E-state index contributed by atoms with van der Waals surface area (Å²) in [6, 6.07) is 2.18. The van der Waals surface area contributed by atoms with Crippen molar-refractivity contribution in [3.05, 3.63) is 18.5 Å². The third-order valence-corrected chi connectivity index (χ3v) is 6.57. The fourth-order valence-corrected chi connectivity index (χ4v) is 4.80. The number of carbonyl (C=O) groups is 1. The first kappa shape index (κ1) is 22.7. The van der Waals surface area contributed by atoms with Crippen LogP contribution in [0.15, 0.2) is 23.6 Å². The van der Waals surface area contributed by atoms with Crippen LogP contribution < -0.4 is 20.8 Å². The van der Waals surface area contributed by atoms with E-state index in [0.717, 1.165) is 56.7 Å². The van der Waals surface area contributed by atoms with Crippen molar-refractivity contribution in [2.75, 3.05) is 25.1 Å². The van der Waals surface area contributed by atoms with Crippen molar-refractivity contribution in [1.29, 1.82) is 0 Å². The van der Waals surface area contributed by atoms with Gasteiger partial charge < -0.3 is 30.3 Å². The number of nitrogens with zero attached hydrogens (tertiary/aromatic N) is 4. The van der Waals surface area contributed by atoms with Crippen molar-refractivity contribution in [2.24, 2.45) is 16.9 Å².